The van der Waals surface area contributed by atoms with Gasteiger partial charge in [-0.3, -0.25) is 0 Å². The molecule has 1 fully saturated rings. The average molecular weight is 522 g/mol. The average Bonchev–Trinajstić information content (AvgIpc) is 2.92. The molecule has 4 aromatic rings. The van der Waals surface area contributed by atoms with E-state index in [0.717, 1.165) is 42.6 Å². The second-order valence-electron chi connectivity index (χ2n) is 10.2. The second kappa shape index (κ2) is 11.5. The molecule has 4 aromatic carbocycles. The van der Waals surface area contributed by atoms with Gasteiger partial charge in [0, 0.05) is 11.6 Å². The Hall–Kier alpha value is -3.48. The molecule has 3 heteroatoms. The Kier molecular flexibility index (Phi) is 7.91. The molecule has 0 heterocycles. The first-order valence-electron chi connectivity index (χ1n) is 13.4. The fourth-order valence-corrected chi connectivity index (χ4v) is 7.45. The summed E-state index contributed by atoms with van der Waals surface area (Å²) in [5.74, 6) is 6.91. The second-order valence-corrected chi connectivity index (χ2v) is 12.2. The van der Waals surface area contributed by atoms with Crippen molar-refractivity contribution in [1.82, 2.24) is 0 Å². The van der Waals surface area contributed by atoms with Crippen molar-refractivity contribution < 1.29 is 9.13 Å². The first kappa shape index (κ1) is 26.1. The van der Waals surface area contributed by atoms with E-state index in [-0.39, 0.29) is 16.7 Å². The molecular formula is C35H34FOS+. The van der Waals surface area contributed by atoms with E-state index in [0.29, 0.717) is 5.75 Å². The van der Waals surface area contributed by atoms with Crippen LogP contribution in [0.5, 0.6) is 5.75 Å². The van der Waals surface area contributed by atoms with Crippen molar-refractivity contribution in [3.05, 3.63) is 119 Å². The summed E-state index contributed by atoms with van der Waals surface area (Å²) in [7, 11) is -0.378. The molecule has 5 rings (SSSR count). The molecule has 38 heavy (non-hydrogen) atoms. The van der Waals surface area contributed by atoms with Crippen LogP contribution in [-0.2, 0) is 10.9 Å². The lowest BCUT2D eigenvalue weighted by Gasteiger charge is -2.33. The molecule has 1 nitrogen and oxygen atoms in total. The van der Waals surface area contributed by atoms with Gasteiger partial charge in [0.05, 0.1) is 10.9 Å². The Morgan fingerprint density at radius 3 is 1.87 bits per heavy atom. The molecule has 0 atom stereocenters. The fraction of sp³-hybridized carbons (Fsp3) is 0.257. The Morgan fingerprint density at radius 2 is 1.29 bits per heavy atom. The molecule has 0 aliphatic heterocycles. The fourth-order valence-electron chi connectivity index (χ4n) is 5.35. The van der Waals surface area contributed by atoms with Crippen LogP contribution in [0.4, 0.5) is 4.39 Å². The predicted molar refractivity (Wildman–Crippen MR) is 155 cm³/mol. The first-order valence-corrected chi connectivity index (χ1v) is 14.6. The summed E-state index contributed by atoms with van der Waals surface area (Å²) >= 11 is 0. The summed E-state index contributed by atoms with van der Waals surface area (Å²) in [5.41, 5.74) is 3.93. The maximum Gasteiger partial charge on any atom is 0.170 e. The van der Waals surface area contributed by atoms with Gasteiger partial charge in [0.1, 0.15) is 0 Å². The largest absolute Gasteiger partial charge is 0.471 e. The number of hydrogen-bond donors (Lipinski definition) is 0. The highest BCUT2D eigenvalue weighted by Gasteiger charge is 2.35. The molecule has 0 radical (unpaired) electrons. The molecule has 1 saturated carbocycles. The highest BCUT2D eigenvalue weighted by Crippen LogP contribution is 2.38. The Morgan fingerprint density at radius 1 is 0.711 bits per heavy atom. The summed E-state index contributed by atoms with van der Waals surface area (Å²) in [6, 6.07) is 30.5. The van der Waals surface area contributed by atoms with E-state index in [9.17, 15) is 0 Å². The molecule has 0 spiro atoms. The highest BCUT2D eigenvalue weighted by atomic mass is 32.2. The van der Waals surface area contributed by atoms with Crippen LogP contribution in [0.15, 0.2) is 106 Å². The zero-order valence-corrected chi connectivity index (χ0v) is 23.2. The zero-order chi connectivity index (χ0) is 26.5. The third-order valence-electron chi connectivity index (χ3n) is 7.16. The topological polar surface area (TPSA) is 9.23 Å². The zero-order valence-electron chi connectivity index (χ0n) is 22.4. The Labute approximate surface area is 229 Å². The molecule has 0 N–H and O–H groups in total. The lowest BCUT2D eigenvalue weighted by atomic mass is 9.84. The molecule has 1 aliphatic carbocycles. The summed E-state index contributed by atoms with van der Waals surface area (Å²) in [6.45, 7) is 6.32. The minimum absolute atomic E-state index is 0.292. The molecule has 1 aliphatic rings. The van der Waals surface area contributed by atoms with E-state index >= 15 is 4.39 Å². The summed E-state index contributed by atoms with van der Waals surface area (Å²) in [5, 5.41) is 0. The van der Waals surface area contributed by atoms with E-state index < -0.39 is 5.60 Å². The van der Waals surface area contributed by atoms with Gasteiger partial charge < -0.3 is 4.74 Å². The lowest BCUT2D eigenvalue weighted by Crippen LogP contribution is -2.37. The molecule has 0 bridgehead atoms. The van der Waals surface area contributed by atoms with Crippen molar-refractivity contribution in [2.24, 2.45) is 0 Å². The molecule has 0 unspecified atom stereocenters. The SMILES string of the molecule is Cc1cc(C)c(C#CC2(Oc3cc([S+](c4ccccc4)c4ccccc4)ccc3F)CCCCC2)c(C)c1. The molecule has 0 saturated heterocycles. The smallest absolute Gasteiger partial charge is 0.170 e. The van der Waals surface area contributed by atoms with Crippen molar-refractivity contribution >= 4 is 10.9 Å². The standard InChI is InChI=1S/C35H34FOS/c1-26-23-27(2)32(28(3)24-26)19-22-35(20-11-6-12-21-35)37-34-25-31(17-18-33(34)36)38(29-13-7-4-8-14-29)30-15-9-5-10-16-30/h4-5,7-10,13-18,23-25H,6,11-12,20-21H2,1-3H3/q+1. The van der Waals surface area contributed by atoms with Gasteiger partial charge in [0.15, 0.2) is 31.9 Å². The first-order chi connectivity index (χ1) is 18.4. The number of hydrogen-bond acceptors (Lipinski definition) is 1. The summed E-state index contributed by atoms with van der Waals surface area (Å²) in [6.07, 6.45) is 4.82. The number of aryl methyl sites for hydroxylation is 3. The maximum atomic E-state index is 15.3. The van der Waals surface area contributed by atoms with E-state index in [1.54, 1.807) is 6.07 Å². The third-order valence-corrected chi connectivity index (χ3v) is 9.37. The van der Waals surface area contributed by atoms with Crippen LogP contribution in [0.3, 0.4) is 0 Å². The monoisotopic (exact) mass is 521 g/mol. The van der Waals surface area contributed by atoms with Crippen LogP contribution in [0, 0.1) is 38.4 Å². The number of benzene rings is 4. The normalized spacial score (nSPS) is 14.6. The van der Waals surface area contributed by atoms with Crippen molar-refractivity contribution in [3.8, 4) is 17.6 Å². The van der Waals surface area contributed by atoms with Crippen molar-refractivity contribution in [3.63, 3.8) is 0 Å². The Balaban J connectivity index is 1.55. The highest BCUT2D eigenvalue weighted by molar-refractivity contribution is 7.97. The van der Waals surface area contributed by atoms with Gasteiger partial charge in [0.2, 0.25) is 0 Å². The van der Waals surface area contributed by atoms with Crippen LogP contribution in [-0.4, -0.2) is 5.60 Å². The summed E-state index contributed by atoms with van der Waals surface area (Å²) < 4.78 is 21.9. The predicted octanol–water partition coefficient (Wildman–Crippen LogP) is 8.98. The maximum absolute atomic E-state index is 15.3. The number of ether oxygens (including phenoxy) is 1. The van der Waals surface area contributed by atoms with Gasteiger partial charge in [-0.2, -0.15) is 0 Å². The third kappa shape index (κ3) is 5.82. The van der Waals surface area contributed by atoms with Crippen LogP contribution >= 0.6 is 0 Å². The van der Waals surface area contributed by atoms with Gasteiger partial charge >= 0.3 is 0 Å². The lowest BCUT2D eigenvalue weighted by molar-refractivity contribution is 0.0821. The van der Waals surface area contributed by atoms with Crippen molar-refractivity contribution in [2.75, 3.05) is 0 Å². The van der Waals surface area contributed by atoms with Gasteiger partial charge in [-0.15, -0.1) is 0 Å². The van der Waals surface area contributed by atoms with Crippen LogP contribution in [0.1, 0.15) is 54.4 Å². The van der Waals surface area contributed by atoms with E-state index in [1.165, 1.54) is 26.5 Å². The van der Waals surface area contributed by atoms with Gasteiger partial charge in [0.25, 0.3) is 0 Å². The van der Waals surface area contributed by atoms with E-state index in [2.05, 4.69) is 93.3 Å². The van der Waals surface area contributed by atoms with Gasteiger partial charge in [-0.1, -0.05) is 66.4 Å². The van der Waals surface area contributed by atoms with E-state index in [1.807, 2.05) is 24.3 Å². The quantitative estimate of drug-likeness (QED) is 0.188. The summed E-state index contributed by atoms with van der Waals surface area (Å²) in [4.78, 5) is 3.41. The van der Waals surface area contributed by atoms with Crippen molar-refractivity contribution in [2.45, 2.75) is 73.2 Å². The van der Waals surface area contributed by atoms with Crippen LogP contribution in [0.2, 0.25) is 0 Å². The Bertz CT molecular complexity index is 1400. The van der Waals surface area contributed by atoms with Crippen LogP contribution in [0.25, 0.3) is 0 Å². The van der Waals surface area contributed by atoms with Crippen LogP contribution < -0.4 is 4.74 Å². The number of halogens is 1. The molecule has 0 amide bonds. The molecule has 192 valence electrons. The minimum atomic E-state index is -0.695. The molecular weight excluding hydrogens is 487 g/mol. The van der Waals surface area contributed by atoms with Crippen molar-refractivity contribution in [1.29, 1.82) is 0 Å². The number of rotatable bonds is 5. The van der Waals surface area contributed by atoms with Gasteiger partial charge in [-0.05, 0) is 99.9 Å². The minimum Gasteiger partial charge on any atom is -0.471 e. The molecule has 0 aromatic heterocycles. The van der Waals surface area contributed by atoms with E-state index in [4.69, 9.17) is 4.74 Å². The van der Waals surface area contributed by atoms with Gasteiger partial charge in [-0.25, -0.2) is 4.39 Å².